The Bertz CT molecular complexity index is 828. The molecule has 0 heterocycles. The molecule has 0 spiro atoms. The zero-order valence-corrected chi connectivity index (χ0v) is 20.4. The molecular weight excluding hydrogens is 527 g/mol. The third-order valence-corrected chi connectivity index (χ3v) is 6.51. The average molecular weight is 558 g/mol. The summed E-state index contributed by atoms with van der Waals surface area (Å²) in [6.07, 6.45) is 2.10. The third kappa shape index (κ3) is 6.66. The third-order valence-electron chi connectivity index (χ3n) is 5.62. The lowest BCUT2D eigenvalue weighted by Crippen LogP contribution is -2.56. The van der Waals surface area contributed by atoms with Gasteiger partial charge >= 0.3 is 0 Å². The highest BCUT2D eigenvalue weighted by Gasteiger charge is 2.42. The molecule has 2 aliphatic carbocycles. The molecule has 0 aliphatic heterocycles. The number of ether oxygens (including phenoxy) is 2. The van der Waals surface area contributed by atoms with Crippen LogP contribution >= 0.6 is 22.6 Å². The Morgan fingerprint density at radius 2 is 2.03 bits per heavy atom. The highest BCUT2D eigenvalue weighted by atomic mass is 127. The van der Waals surface area contributed by atoms with Crippen LogP contribution in [0.5, 0.6) is 5.75 Å². The fourth-order valence-corrected chi connectivity index (χ4v) is 4.25. The second kappa shape index (κ2) is 12.0. The minimum atomic E-state index is -1.01. The Hall–Kier alpha value is -1.69. The van der Waals surface area contributed by atoms with Crippen molar-refractivity contribution in [2.24, 2.45) is 5.92 Å². The van der Waals surface area contributed by atoms with Crippen LogP contribution in [0.25, 0.3) is 0 Å². The second-order valence-corrected chi connectivity index (χ2v) is 9.24. The van der Waals surface area contributed by atoms with Crippen molar-refractivity contribution in [2.45, 2.75) is 44.4 Å². The molecule has 8 nitrogen and oxygen atoms in total. The summed E-state index contributed by atoms with van der Waals surface area (Å²) in [6.45, 7) is 2.66. The highest BCUT2D eigenvalue weighted by molar-refractivity contribution is 14.1. The van der Waals surface area contributed by atoms with E-state index in [2.05, 4.69) is 27.9 Å². The Morgan fingerprint density at radius 1 is 1.28 bits per heavy atom. The number of aliphatic hydroxyl groups excluding tert-OH is 2. The zero-order chi connectivity index (χ0) is 23.1. The van der Waals surface area contributed by atoms with Gasteiger partial charge in [0.1, 0.15) is 24.6 Å². The van der Waals surface area contributed by atoms with Crippen LogP contribution in [-0.2, 0) is 14.3 Å². The molecule has 0 unspecified atom stereocenters. The Kier molecular flexibility index (Phi) is 9.33. The van der Waals surface area contributed by atoms with E-state index in [1.54, 1.807) is 17.0 Å². The number of para-hydroxylation sites is 1. The molecule has 3 atom stereocenters. The molecule has 1 aromatic carbocycles. The number of halogens is 1. The van der Waals surface area contributed by atoms with E-state index in [0.717, 1.165) is 16.4 Å². The van der Waals surface area contributed by atoms with Crippen molar-refractivity contribution in [2.75, 3.05) is 32.9 Å². The number of benzene rings is 1. The first kappa shape index (κ1) is 24.9. The molecule has 9 heteroatoms. The number of amides is 2. The molecule has 32 heavy (non-hydrogen) atoms. The van der Waals surface area contributed by atoms with Crippen LogP contribution in [0.4, 0.5) is 0 Å². The van der Waals surface area contributed by atoms with Crippen LogP contribution < -0.4 is 10.1 Å². The van der Waals surface area contributed by atoms with Gasteiger partial charge in [-0.25, -0.2) is 0 Å². The molecule has 2 aliphatic rings. The Labute approximate surface area is 202 Å². The van der Waals surface area contributed by atoms with E-state index in [1.165, 1.54) is 0 Å². The van der Waals surface area contributed by atoms with E-state index in [9.17, 15) is 14.7 Å². The lowest BCUT2D eigenvalue weighted by Gasteiger charge is -2.40. The maximum atomic E-state index is 13.0. The minimum absolute atomic E-state index is 0.0652. The molecule has 0 radical (unpaired) electrons. The first-order valence-corrected chi connectivity index (χ1v) is 12.1. The van der Waals surface area contributed by atoms with Gasteiger partial charge in [0.2, 0.25) is 11.8 Å². The van der Waals surface area contributed by atoms with Gasteiger partial charge in [-0.1, -0.05) is 12.1 Å². The number of aliphatic hydroxyl groups is 2. The van der Waals surface area contributed by atoms with Crippen LogP contribution in [0.1, 0.15) is 26.2 Å². The number of carbonyl (C=O) groups excluding carboxylic acids is 2. The van der Waals surface area contributed by atoms with Crippen molar-refractivity contribution in [1.82, 2.24) is 10.2 Å². The standard InChI is InChI=1S/C23H31IN2O6/c1-2-31-14-21(28)26(13-15-7-8-15)18-11-16(23(30)25-9-10-27)12-20(22(18)29)32-19-6-4-3-5-17(19)24/h3-6,12,15,18,20,22,27,29H,2,7-11,13-14H2,1H3,(H,25,30)/t18-,20+,22+/m1/s1. The van der Waals surface area contributed by atoms with Gasteiger partial charge in [-0.15, -0.1) is 0 Å². The van der Waals surface area contributed by atoms with Crippen molar-refractivity contribution < 1.29 is 29.3 Å². The number of nitrogens with zero attached hydrogens (tertiary/aromatic N) is 1. The van der Waals surface area contributed by atoms with Gasteiger partial charge < -0.3 is 29.9 Å². The number of hydrogen-bond donors (Lipinski definition) is 3. The maximum absolute atomic E-state index is 13.0. The topological polar surface area (TPSA) is 108 Å². The van der Waals surface area contributed by atoms with Gasteiger partial charge in [0.05, 0.1) is 16.2 Å². The quantitative estimate of drug-likeness (QED) is 0.356. The molecule has 3 rings (SSSR count). The number of nitrogens with one attached hydrogen (secondary N) is 1. The molecule has 0 saturated heterocycles. The van der Waals surface area contributed by atoms with E-state index in [0.29, 0.717) is 30.4 Å². The molecule has 176 valence electrons. The largest absolute Gasteiger partial charge is 0.482 e. The number of rotatable bonds is 11. The monoisotopic (exact) mass is 558 g/mol. The first-order chi connectivity index (χ1) is 15.4. The van der Waals surface area contributed by atoms with E-state index in [-0.39, 0.29) is 38.0 Å². The van der Waals surface area contributed by atoms with Crippen molar-refractivity contribution in [3.05, 3.63) is 39.5 Å². The highest BCUT2D eigenvalue weighted by Crippen LogP contribution is 2.34. The Balaban J connectivity index is 1.88. The summed E-state index contributed by atoms with van der Waals surface area (Å²) in [5, 5.41) is 23.0. The van der Waals surface area contributed by atoms with Crippen LogP contribution in [0.15, 0.2) is 35.9 Å². The lowest BCUT2D eigenvalue weighted by atomic mass is 9.88. The maximum Gasteiger partial charge on any atom is 0.248 e. The van der Waals surface area contributed by atoms with Gasteiger partial charge in [-0.05, 0) is 66.5 Å². The smallest absolute Gasteiger partial charge is 0.248 e. The van der Waals surface area contributed by atoms with Crippen LogP contribution in [-0.4, -0.2) is 78.1 Å². The molecule has 0 bridgehead atoms. The predicted octanol–water partition coefficient (Wildman–Crippen LogP) is 1.48. The van der Waals surface area contributed by atoms with E-state index < -0.39 is 18.2 Å². The zero-order valence-electron chi connectivity index (χ0n) is 18.2. The number of hydrogen-bond acceptors (Lipinski definition) is 6. The summed E-state index contributed by atoms with van der Waals surface area (Å²) in [6, 6.07) is 6.82. The van der Waals surface area contributed by atoms with E-state index in [1.807, 2.05) is 25.1 Å². The van der Waals surface area contributed by atoms with Gasteiger partial charge in [0.15, 0.2) is 0 Å². The number of carbonyl (C=O) groups is 2. The van der Waals surface area contributed by atoms with Crippen LogP contribution in [0.2, 0.25) is 0 Å². The summed E-state index contributed by atoms with van der Waals surface area (Å²) < 4.78 is 12.3. The fraction of sp³-hybridized carbons (Fsp3) is 0.565. The average Bonchev–Trinajstić information content (AvgIpc) is 3.61. The van der Waals surface area contributed by atoms with Crippen molar-refractivity contribution in [1.29, 1.82) is 0 Å². The summed E-state index contributed by atoms with van der Waals surface area (Å²) >= 11 is 2.15. The second-order valence-electron chi connectivity index (χ2n) is 8.07. The predicted molar refractivity (Wildman–Crippen MR) is 127 cm³/mol. The molecule has 2 amide bonds. The van der Waals surface area contributed by atoms with E-state index in [4.69, 9.17) is 14.6 Å². The Morgan fingerprint density at radius 3 is 2.69 bits per heavy atom. The molecule has 1 fully saturated rings. The van der Waals surface area contributed by atoms with E-state index >= 15 is 0 Å². The molecule has 0 aromatic heterocycles. The molecule has 3 N–H and O–H groups in total. The lowest BCUT2D eigenvalue weighted by molar-refractivity contribution is -0.143. The molecular formula is C23H31IN2O6. The van der Waals surface area contributed by atoms with Gasteiger partial charge in [0.25, 0.3) is 0 Å². The normalized spacial score (nSPS) is 22.8. The van der Waals surface area contributed by atoms with Gasteiger partial charge in [-0.2, -0.15) is 0 Å². The van der Waals surface area contributed by atoms with Gasteiger partial charge in [-0.3, -0.25) is 9.59 Å². The summed E-state index contributed by atoms with van der Waals surface area (Å²) in [5.41, 5.74) is 0.426. The van der Waals surface area contributed by atoms with Crippen LogP contribution in [0, 0.1) is 9.49 Å². The van der Waals surface area contributed by atoms with Crippen molar-refractivity contribution in [3.8, 4) is 5.75 Å². The first-order valence-electron chi connectivity index (χ1n) is 11.0. The SMILES string of the molecule is CCOCC(=O)N(CC1CC1)[C@@H]1CC(C(=O)NCCO)=C[C@H](Oc2ccccc2I)[C@H]1O. The van der Waals surface area contributed by atoms with Crippen molar-refractivity contribution >= 4 is 34.4 Å². The molecule has 1 saturated carbocycles. The minimum Gasteiger partial charge on any atom is -0.482 e. The van der Waals surface area contributed by atoms with Crippen molar-refractivity contribution in [3.63, 3.8) is 0 Å². The summed E-state index contributed by atoms with van der Waals surface area (Å²) in [5.74, 6) is 0.460. The molecule has 1 aromatic rings. The summed E-state index contributed by atoms with van der Waals surface area (Å²) in [4.78, 5) is 27.4. The van der Waals surface area contributed by atoms with Crippen LogP contribution in [0.3, 0.4) is 0 Å². The van der Waals surface area contributed by atoms with Gasteiger partial charge in [0, 0.05) is 31.7 Å². The fourth-order valence-electron chi connectivity index (χ4n) is 3.74. The summed E-state index contributed by atoms with van der Waals surface area (Å²) in [7, 11) is 0.